The SMILES string of the molecule is Cl.N[C@H](c1cccs1)c1c(Br)ccc(Cl)c1O. The van der Waals surface area contributed by atoms with Gasteiger partial charge in [0.1, 0.15) is 5.75 Å². The zero-order valence-corrected chi connectivity index (χ0v) is 12.5. The highest BCUT2D eigenvalue weighted by Crippen LogP contribution is 2.39. The molecule has 0 amide bonds. The van der Waals surface area contributed by atoms with Crippen LogP contribution in [-0.2, 0) is 0 Å². The molecular weight excluding hydrogens is 345 g/mol. The maximum Gasteiger partial charge on any atom is 0.140 e. The average molecular weight is 355 g/mol. The summed E-state index contributed by atoms with van der Waals surface area (Å²) in [6.07, 6.45) is 0. The number of rotatable bonds is 2. The fraction of sp³-hybridized carbons (Fsp3) is 0.0909. The van der Waals surface area contributed by atoms with Gasteiger partial charge in [0, 0.05) is 14.9 Å². The van der Waals surface area contributed by atoms with E-state index in [9.17, 15) is 5.11 Å². The molecule has 0 aliphatic rings. The monoisotopic (exact) mass is 353 g/mol. The van der Waals surface area contributed by atoms with E-state index in [1.807, 2.05) is 17.5 Å². The number of aromatic hydroxyl groups is 1. The van der Waals surface area contributed by atoms with Crippen molar-refractivity contribution in [3.8, 4) is 5.75 Å². The largest absolute Gasteiger partial charge is 0.506 e. The highest BCUT2D eigenvalue weighted by molar-refractivity contribution is 9.10. The molecule has 1 heterocycles. The first-order chi connectivity index (χ1) is 7.61. The molecule has 0 spiro atoms. The maximum absolute atomic E-state index is 9.91. The van der Waals surface area contributed by atoms with Gasteiger partial charge in [-0.25, -0.2) is 0 Å². The predicted molar refractivity (Wildman–Crippen MR) is 78.4 cm³/mol. The van der Waals surface area contributed by atoms with Gasteiger partial charge in [0.05, 0.1) is 11.1 Å². The number of hydrogen-bond donors (Lipinski definition) is 2. The fourth-order valence-electron chi connectivity index (χ4n) is 1.46. The van der Waals surface area contributed by atoms with Crippen LogP contribution in [0.25, 0.3) is 0 Å². The van der Waals surface area contributed by atoms with E-state index in [2.05, 4.69) is 15.9 Å². The molecule has 0 saturated carbocycles. The summed E-state index contributed by atoms with van der Waals surface area (Å²) in [5, 5.41) is 12.2. The molecular formula is C11H10BrCl2NOS. The lowest BCUT2D eigenvalue weighted by Gasteiger charge is -2.14. The molecule has 2 aromatic rings. The Morgan fingerprint density at radius 3 is 2.65 bits per heavy atom. The summed E-state index contributed by atoms with van der Waals surface area (Å²) in [4.78, 5) is 0.985. The van der Waals surface area contributed by atoms with Gasteiger partial charge in [-0.2, -0.15) is 0 Å². The highest BCUT2D eigenvalue weighted by Gasteiger charge is 2.19. The zero-order valence-electron chi connectivity index (χ0n) is 8.56. The summed E-state index contributed by atoms with van der Waals surface area (Å²) in [6.45, 7) is 0. The molecule has 1 aromatic heterocycles. The Balaban J connectivity index is 0.00000144. The van der Waals surface area contributed by atoms with E-state index < -0.39 is 0 Å². The minimum atomic E-state index is -0.368. The van der Waals surface area contributed by atoms with Crippen LogP contribution in [-0.4, -0.2) is 5.11 Å². The highest BCUT2D eigenvalue weighted by atomic mass is 79.9. The predicted octanol–water partition coefficient (Wildman–Crippen LogP) is 4.34. The minimum Gasteiger partial charge on any atom is -0.506 e. The lowest BCUT2D eigenvalue weighted by atomic mass is 10.1. The first-order valence-corrected chi connectivity index (χ1v) is 6.62. The lowest BCUT2D eigenvalue weighted by molar-refractivity contribution is 0.465. The molecule has 2 rings (SSSR count). The number of nitrogens with two attached hydrogens (primary N) is 1. The van der Waals surface area contributed by atoms with E-state index >= 15 is 0 Å². The van der Waals surface area contributed by atoms with Crippen LogP contribution in [0.5, 0.6) is 5.75 Å². The molecule has 1 aromatic carbocycles. The fourth-order valence-corrected chi connectivity index (χ4v) is 2.93. The van der Waals surface area contributed by atoms with Crippen molar-refractivity contribution in [2.24, 2.45) is 5.73 Å². The van der Waals surface area contributed by atoms with Gasteiger partial charge in [0.25, 0.3) is 0 Å². The first-order valence-electron chi connectivity index (χ1n) is 4.57. The van der Waals surface area contributed by atoms with Crippen LogP contribution in [0.3, 0.4) is 0 Å². The molecule has 0 unspecified atom stereocenters. The summed E-state index contributed by atoms with van der Waals surface area (Å²) in [7, 11) is 0. The molecule has 0 saturated heterocycles. The second-order valence-electron chi connectivity index (χ2n) is 3.28. The minimum absolute atomic E-state index is 0. The molecule has 0 bridgehead atoms. The van der Waals surface area contributed by atoms with Crippen molar-refractivity contribution in [3.05, 3.63) is 49.6 Å². The maximum atomic E-state index is 9.91. The van der Waals surface area contributed by atoms with Crippen molar-refractivity contribution in [3.63, 3.8) is 0 Å². The number of benzene rings is 1. The van der Waals surface area contributed by atoms with Crippen LogP contribution in [0.15, 0.2) is 34.1 Å². The molecule has 0 aliphatic heterocycles. The van der Waals surface area contributed by atoms with Gasteiger partial charge in [0.2, 0.25) is 0 Å². The molecule has 3 N–H and O–H groups in total. The Morgan fingerprint density at radius 2 is 2.06 bits per heavy atom. The Labute approximate surface area is 123 Å². The van der Waals surface area contributed by atoms with E-state index in [1.54, 1.807) is 23.5 Å². The molecule has 0 radical (unpaired) electrons. The molecule has 2 nitrogen and oxygen atoms in total. The molecule has 92 valence electrons. The standard InChI is InChI=1S/C11H9BrClNOS.ClH/c12-6-3-4-7(13)11(15)9(6)10(14)8-2-1-5-16-8;/h1-5,10,15H,14H2;1H/t10-;/m1./s1. The van der Waals surface area contributed by atoms with Crippen LogP contribution < -0.4 is 5.73 Å². The van der Waals surface area contributed by atoms with Gasteiger partial charge in [-0.05, 0) is 23.6 Å². The number of hydrogen-bond acceptors (Lipinski definition) is 3. The summed E-state index contributed by atoms with van der Waals surface area (Å²) < 4.78 is 0.760. The summed E-state index contributed by atoms with van der Waals surface area (Å²) in [5.41, 5.74) is 6.71. The number of thiophene rings is 1. The Bertz CT molecular complexity index is 504. The third-order valence-corrected chi connectivity index (χ3v) is 4.23. The lowest BCUT2D eigenvalue weighted by Crippen LogP contribution is -2.11. The zero-order chi connectivity index (χ0) is 11.7. The van der Waals surface area contributed by atoms with Crippen molar-refractivity contribution in [1.29, 1.82) is 0 Å². The van der Waals surface area contributed by atoms with Crippen LogP contribution in [0.4, 0.5) is 0 Å². The number of phenolic OH excluding ortho intramolecular Hbond substituents is 1. The van der Waals surface area contributed by atoms with Crippen LogP contribution >= 0.6 is 51.3 Å². The van der Waals surface area contributed by atoms with Crippen molar-refractivity contribution in [2.45, 2.75) is 6.04 Å². The van der Waals surface area contributed by atoms with Crippen molar-refractivity contribution in [1.82, 2.24) is 0 Å². The van der Waals surface area contributed by atoms with E-state index in [0.29, 0.717) is 10.6 Å². The van der Waals surface area contributed by atoms with Gasteiger partial charge in [0.15, 0.2) is 0 Å². The molecule has 0 aliphatic carbocycles. The van der Waals surface area contributed by atoms with Crippen molar-refractivity contribution < 1.29 is 5.11 Å². The van der Waals surface area contributed by atoms with Crippen LogP contribution in [0, 0.1) is 0 Å². The van der Waals surface area contributed by atoms with E-state index in [4.69, 9.17) is 17.3 Å². The molecule has 0 fully saturated rings. The van der Waals surface area contributed by atoms with E-state index in [0.717, 1.165) is 9.35 Å². The number of halogens is 3. The van der Waals surface area contributed by atoms with Gasteiger partial charge in [-0.1, -0.05) is 33.6 Å². The Hall–Kier alpha value is -0.260. The topological polar surface area (TPSA) is 46.2 Å². The van der Waals surface area contributed by atoms with Crippen molar-refractivity contribution in [2.75, 3.05) is 0 Å². The Morgan fingerprint density at radius 1 is 1.35 bits per heavy atom. The first kappa shape index (κ1) is 14.8. The smallest absolute Gasteiger partial charge is 0.140 e. The van der Waals surface area contributed by atoms with Gasteiger partial charge >= 0.3 is 0 Å². The quantitative estimate of drug-likeness (QED) is 0.842. The summed E-state index contributed by atoms with van der Waals surface area (Å²) in [6, 6.07) is 6.90. The second kappa shape index (κ2) is 6.07. The van der Waals surface area contributed by atoms with Gasteiger partial charge < -0.3 is 10.8 Å². The molecule has 17 heavy (non-hydrogen) atoms. The number of phenols is 1. The molecule has 6 heteroatoms. The average Bonchev–Trinajstić information content (AvgIpc) is 2.77. The van der Waals surface area contributed by atoms with Crippen LogP contribution in [0.2, 0.25) is 5.02 Å². The van der Waals surface area contributed by atoms with Crippen molar-refractivity contribution >= 4 is 51.3 Å². The van der Waals surface area contributed by atoms with E-state index in [1.165, 1.54) is 0 Å². The van der Waals surface area contributed by atoms with Gasteiger partial charge in [-0.15, -0.1) is 23.7 Å². The molecule has 1 atom stereocenters. The van der Waals surface area contributed by atoms with Crippen LogP contribution in [0.1, 0.15) is 16.5 Å². The Kier molecular flexibility index (Phi) is 5.28. The van der Waals surface area contributed by atoms with Gasteiger partial charge in [-0.3, -0.25) is 0 Å². The van der Waals surface area contributed by atoms with E-state index in [-0.39, 0.29) is 24.2 Å². The summed E-state index contributed by atoms with van der Waals surface area (Å²) in [5.74, 6) is 0.0388. The summed E-state index contributed by atoms with van der Waals surface area (Å²) >= 11 is 10.8. The third kappa shape index (κ3) is 2.95. The third-order valence-electron chi connectivity index (χ3n) is 2.28. The normalized spacial score (nSPS) is 11.9. The second-order valence-corrected chi connectivity index (χ2v) is 5.53.